The highest BCUT2D eigenvalue weighted by Gasteiger charge is 2.21. The third-order valence-corrected chi connectivity index (χ3v) is 1.89. The first-order valence-corrected chi connectivity index (χ1v) is 4.55. The fraction of sp³-hybridized carbons (Fsp3) is 0.222. The van der Waals surface area contributed by atoms with Crippen molar-refractivity contribution in [3.8, 4) is 5.75 Å². The van der Waals surface area contributed by atoms with Crippen LogP contribution in [0.2, 0.25) is 0 Å². The summed E-state index contributed by atoms with van der Waals surface area (Å²) in [4.78, 5) is 21.0. The van der Waals surface area contributed by atoms with Crippen LogP contribution < -0.4 is 4.74 Å². The van der Waals surface area contributed by atoms with E-state index in [-0.39, 0.29) is 23.6 Å². The molecule has 0 aliphatic rings. The minimum absolute atomic E-state index is 0.00715. The van der Waals surface area contributed by atoms with Crippen LogP contribution >= 0.6 is 11.6 Å². The zero-order valence-electron chi connectivity index (χ0n) is 7.90. The van der Waals surface area contributed by atoms with E-state index in [4.69, 9.17) is 16.3 Å². The van der Waals surface area contributed by atoms with E-state index in [1.165, 1.54) is 18.2 Å². The van der Waals surface area contributed by atoms with Crippen molar-refractivity contribution in [2.24, 2.45) is 0 Å². The van der Waals surface area contributed by atoms with Gasteiger partial charge in [0.2, 0.25) is 5.75 Å². The van der Waals surface area contributed by atoms with Crippen molar-refractivity contribution in [2.45, 2.75) is 6.92 Å². The Morgan fingerprint density at radius 1 is 1.60 bits per heavy atom. The second kappa shape index (κ2) is 4.75. The molecular weight excluding hydrogens is 222 g/mol. The molecule has 0 bridgehead atoms. The summed E-state index contributed by atoms with van der Waals surface area (Å²) in [5.41, 5.74) is -0.254. The van der Waals surface area contributed by atoms with Crippen LogP contribution in [0.15, 0.2) is 18.2 Å². The van der Waals surface area contributed by atoms with Crippen molar-refractivity contribution in [3.63, 3.8) is 0 Å². The molecule has 0 amide bonds. The maximum absolute atomic E-state index is 11.0. The number of hydrogen-bond donors (Lipinski definition) is 0. The Morgan fingerprint density at radius 2 is 2.27 bits per heavy atom. The fourth-order valence-electron chi connectivity index (χ4n) is 1.12. The molecule has 0 N–H and O–H groups in total. The molecule has 1 rings (SSSR count). The lowest BCUT2D eigenvalue weighted by atomic mass is 10.2. The summed E-state index contributed by atoms with van der Waals surface area (Å²) in [7, 11) is 0. The zero-order valence-corrected chi connectivity index (χ0v) is 8.65. The van der Waals surface area contributed by atoms with Gasteiger partial charge in [-0.25, -0.2) is 0 Å². The number of carbonyl (C=O) groups is 1. The van der Waals surface area contributed by atoms with Gasteiger partial charge in [-0.05, 0) is 24.6 Å². The van der Waals surface area contributed by atoms with Gasteiger partial charge in [0, 0.05) is 6.07 Å². The first-order valence-electron chi connectivity index (χ1n) is 4.18. The topological polar surface area (TPSA) is 69.4 Å². The van der Waals surface area contributed by atoms with Crippen LogP contribution in [0, 0.1) is 10.1 Å². The SMILES string of the molecule is CCOc1c(C(=O)Cl)cccc1[N+](=O)[O-]. The largest absolute Gasteiger partial charge is 0.487 e. The van der Waals surface area contributed by atoms with E-state index in [0.29, 0.717) is 0 Å². The summed E-state index contributed by atoms with van der Waals surface area (Å²) < 4.78 is 5.04. The Hall–Kier alpha value is -1.62. The van der Waals surface area contributed by atoms with Crippen molar-refractivity contribution in [1.82, 2.24) is 0 Å². The molecule has 0 heterocycles. The van der Waals surface area contributed by atoms with Gasteiger partial charge in [-0.2, -0.15) is 0 Å². The van der Waals surface area contributed by atoms with E-state index in [9.17, 15) is 14.9 Å². The summed E-state index contributed by atoms with van der Waals surface area (Å²) in [6, 6.07) is 4.03. The standard InChI is InChI=1S/C9H8ClNO4/c1-2-15-8-6(9(10)12)4-3-5-7(8)11(13)14/h3-5H,2H2,1H3. The molecule has 0 unspecified atom stereocenters. The lowest BCUT2D eigenvalue weighted by molar-refractivity contribution is -0.385. The van der Waals surface area contributed by atoms with Crippen molar-refractivity contribution in [2.75, 3.05) is 6.61 Å². The lowest BCUT2D eigenvalue weighted by Gasteiger charge is -2.06. The Kier molecular flexibility index (Phi) is 3.62. The number of benzene rings is 1. The first-order chi connectivity index (χ1) is 7.07. The van der Waals surface area contributed by atoms with Crippen LogP contribution in [0.4, 0.5) is 5.69 Å². The molecule has 15 heavy (non-hydrogen) atoms. The highest BCUT2D eigenvalue weighted by Crippen LogP contribution is 2.31. The normalized spacial score (nSPS) is 9.73. The molecule has 6 heteroatoms. The molecule has 0 spiro atoms. The van der Waals surface area contributed by atoms with Gasteiger partial charge in [0.1, 0.15) is 0 Å². The van der Waals surface area contributed by atoms with E-state index in [1.54, 1.807) is 6.92 Å². The number of ether oxygens (including phenoxy) is 1. The Balaban J connectivity index is 3.34. The van der Waals surface area contributed by atoms with Crippen molar-refractivity contribution in [3.05, 3.63) is 33.9 Å². The Morgan fingerprint density at radius 3 is 2.73 bits per heavy atom. The van der Waals surface area contributed by atoms with Gasteiger partial charge in [0.25, 0.3) is 5.24 Å². The Labute approximate surface area is 90.8 Å². The summed E-state index contributed by atoms with van der Waals surface area (Å²) in [5, 5.41) is 9.87. The van der Waals surface area contributed by atoms with Gasteiger partial charge in [-0.1, -0.05) is 6.07 Å². The molecule has 0 saturated heterocycles. The number of nitrogens with zero attached hydrogens (tertiary/aromatic N) is 1. The highest BCUT2D eigenvalue weighted by molar-refractivity contribution is 6.68. The number of nitro benzene ring substituents is 1. The van der Waals surface area contributed by atoms with Crippen molar-refractivity contribution >= 4 is 22.5 Å². The molecule has 0 saturated carbocycles. The van der Waals surface area contributed by atoms with Crippen LogP contribution in [0.5, 0.6) is 5.75 Å². The van der Waals surface area contributed by atoms with E-state index in [0.717, 1.165) is 0 Å². The molecule has 0 atom stereocenters. The number of carbonyl (C=O) groups excluding carboxylic acids is 1. The van der Waals surface area contributed by atoms with Crippen LogP contribution in [-0.4, -0.2) is 16.8 Å². The van der Waals surface area contributed by atoms with Gasteiger partial charge in [0.15, 0.2) is 0 Å². The van der Waals surface area contributed by atoms with E-state index < -0.39 is 10.2 Å². The highest BCUT2D eigenvalue weighted by atomic mass is 35.5. The van der Waals surface area contributed by atoms with Crippen LogP contribution in [0.25, 0.3) is 0 Å². The fourth-order valence-corrected chi connectivity index (χ4v) is 1.27. The number of para-hydroxylation sites is 1. The van der Waals surface area contributed by atoms with Gasteiger partial charge in [-0.15, -0.1) is 0 Å². The monoisotopic (exact) mass is 229 g/mol. The van der Waals surface area contributed by atoms with Gasteiger partial charge < -0.3 is 4.74 Å². The van der Waals surface area contributed by atoms with Gasteiger partial charge >= 0.3 is 5.69 Å². The molecule has 5 nitrogen and oxygen atoms in total. The number of hydrogen-bond acceptors (Lipinski definition) is 4. The minimum Gasteiger partial charge on any atom is -0.487 e. The van der Waals surface area contributed by atoms with Gasteiger partial charge in [-0.3, -0.25) is 14.9 Å². The van der Waals surface area contributed by atoms with Gasteiger partial charge in [0.05, 0.1) is 17.1 Å². The Bertz CT molecular complexity index is 373. The maximum atomic E-state index is 11.0. The molecule has 0 fully saturated rings. The molecular formula is C9H8ClNO4. The van der Waals surface area contributed by atoms with E-state index >= 15 is 0 Å². The summed E-state index contributed by atoms with van der Waals surface area (Å²) in [6.07, 6.45) is 0. The molecule has 1 aromatic carbocycles. The molecule has 0 aliphatic heterocycles. The minimum atomic E-state index is -0.776. The average Bonchev–Trinajstić information content (AvgIpc) is 2.17. The maximum Gasteiger partial charge on any atom is 0.311 e. The second-order valence-corrected chi connectivity index (χ2v) is 2.96. The number of halogens is 1. The predicted molar refractivity (Wildman–Crippen MR) is 54.4 cm³/mol. The van der Waals surface area contributed by atoms with Crippen molar-refractivity contribution in [1.29, 1.82) is 0 Å². The quantitative estimate of drug-likeness (QED) is 0.452. The average molecular weight is 230 g/mol. The number of nitro groups is 1. The third kappa shape index (κ3) is 2.44. The smallest absolute Gasteiger partial charge is 0.311 e. The second-order valence-electron chi connectivity index (χ2n) is 2.62. The lowest BCUT2D eigenvalue weighted by Crippen LogP contribution is -2.02. The molecule has 0 radical (unpaired) electrons. The van der Waals surface area contributed by atoms with Crippen LogP contribution in [0.1, 0.15) is 17.3 Å². The molecule has 80 valence electrons. The third-order valence-electron chi connectivity index (χ3n) is 1.69. The van der Waals surface area contributed by atoms with E-state index in [1.807, 2.05) is 0 Å². The molecule has 0 aliphatic carbocycles. The van der Waals surface area contributed by atoms with Crippen LogP contribution in [0.3, 0.4) is 0 Å². The first kappa shape index (κ1) is 11.5. The summed E-state index contributed by atoms with van der Waals surface area (Å²) in [5.74, 6) is -0.0787. The molecule has 0 aromatic heterocycles. The summed E-state index contributed by atoms with van der Waals surface area (Å²) >= 11 is 5.28. The van der Waals surface area contributed by atoms with Crippen LogP contribution in [-0.2, 0) is 0 Å². The van der Waals surface area contributed by atoms with E-state index in [2.05, 4.69) is 0 Å². The molecule has 1 aromatic rings. The van der Waals surface area contributed by atoms with Crippen molar-refractivity contribution < 1.29 is 14.5 Å². The summed E-state index contributed by atoms with van der Waals surface area (Å²) in [6.45, 7) is 1.89. The zero-order chi connectivity index (χ0) is 11.4. The number of rotatable bonds is 4. The predicted octanol–water partition coefficient (Wildman–Crippen LogP) is 2.37.